The van der Waals surface area contributed by atoms with Crippen LogP contribution in [0.2, 0.25) is 0 Å². The third-order valence-electron chi connectivity index (χ3n) is 3.37. The van der Waals surface area contributed by atoms with Crippen molar-refractivity contribution in [1.29, 1.82) is 0 Å². The van der Waals surface area contributed by atoms with E-state index in [0.29, 0.717) is 11.4 Å². The lowest BCUT2D eigenvalue weighted by molar-refractivity contribution is 0.619. The van der Waals surface area contributed by atoms with Crippen molar-refractivity contribution in [2.24, 2.45) is 0 Å². The van der Waals surface area contributed by atoms with Crippen LogP contribution in [0.25, 0.3) is 22.4 Å². The van der Waals surface area contributed by atoms with E-state index in [1.807, 2.05) is 24.3 Å². The van der Waals surface area contributed by atoms with Crippen LogP contribution in [0.15, 0.2) is 46.9 Å². The number of nitrogens with zero attached hydrogens (tertiary/aromatic N) is 1. The van der Waals surface area contributed by atoms with E-state index in [1.54, 1.807) is 19.1 Å². The number of aryl methyl sites for hydroxylation is 1. The number of H-pyrrole nitrogens is 1. The van der Waals surface area contributed by atoms with Crippen molar-refractivity contribution < 1.29 is 4.39 Å². The van der Waals surface area contributed by atoms with Gasteiger partial charge in [0.2, 0.25) is 0 Å². The van der Waals surface area contributed by atoms with Crippen molar-refractivity contribution in [3.05, 3.63) is 58.3 Å². The van der Waals surface area contributed by atoms with Gasteiger partial charge in [-0.15, -0.1) is 0 Å². The van der Waals surface area contributed by atoms with E-state index in [1.165, 1.54) is 6.07 Å². The lowest BCUT2D eigenvalue weighted by Crippen LogP contribution is -1.90. The van der Waals surface area contributed by atoms with Gasteiger partial charge in [-0.25, -0.2) is 4.39 Å². The highest BCUT2D eigenvalue weighted by atomic mass is 79.9. The molecule has 1 aromatic heterocycles. The normalized spacial score (nSPS) is 10.8. The average Bonchev–Trinajstić information content (AvgIpc) is 2.85. The molecular formula is C16H13BrFN3. The van der Waals surface area contributed by atoms with Crippen LogP contribution in [0.3, 0.4) is 0 Å². The van der Waals surface area contributed by atoms with Gasteiger partial charge in [0, 0.05) is 10.0 Å². The maximum Gasteiger partial charge on any atom is 0.153 e. The first kappa shape index (κ1) is 13.8. The summed E-state index contributed by atoms with van der Waals surface area (Å²) in [4.78, 5) is 0. The summed E-state index contributed by atoms with van der Waals surface area (Å²) in [6, 6.07) is 12.8. The molecule has 106 valence electrons. The third-order valence-corrected chi connectivity index (χ3v) is 3.90. The second-order valence-corrected chi connectivity index (χ2v) is 5.75. The van der Waals surface area contributed by atoms with Crippen molar-refractivity contribution in [2.45, 2.75) is 6.92 Å². The molecule has 0 radical (unpaired) electrons. The monoisotopic (exact) mass is 345 g/mol. The van der Waals surface area contributed by atoms with E-state index >= 15 is 0 Å². The number of rotatable bonds is 2. The van der Waals surface area contributed by atoms with Gasteiger partial charge >= 0.3 is 0 Å². The molecule has 0 atom stereocenters. The number of aromatic amines is 1. The van der Waals surface area contributed by atoms with Crippen molar-refractivity contribution in [3.63, 3.8) is 0 Å². The van der Waals surface area contributed by atoms with E-state index in [0.717, 1.165) is 26.9 Å². The number of benzene rings is 2. The van der Waals surface area contributed by atoms with E-state index in [2.05, 4.69) is 26.1 Å². The van der Waals surface area contributed by atoms with Gasteiger partial charge in [0.1, 0.15) is 5.82 Å². The quantitative estimate of drug-likeness (QED) is 0.716. The van der Waals surface area contributed by atoms with Crippen LogP contribution in [0.5, 0.6) is 0 Å². The van der Waals surface area contributed by atoms with E-state index in [4.69, 9.17) is 5.73 Å². The second-order valence-electron chi connectivity index (χ2n) is 4.83. The minimum atomic E-state index is -0.226. The van der Waals surface area contributed by atoms with Gasteiger partial charge in [-0.3, -0.25) is 5.10 Å². The summed E-state index contributed by atoms with van der Waals surface area (Å²) < 4.78 is 14.4. The largest absolute Gasteiger partial charge is 0.382 e. The molecule has 0 aliphatic rings. The Morgan fingerprint density at radius 2 is 1.76 bits per heavy atom. The molecular weight excluding hydrogens is 333 g/mol. The van der Waals surface area contributed by atoms with Crippen molar-refractivity contribution in [2.75, 3.05) is 5.73 Å². The van der Waals surface area contributed by atoms with Gasteiger partial charge in [0.25, 0.3) is 0 Å². The summed E-state index contributed by atoms with van der Waals surface area (Å²) in [5, 5.41) is 7.03. The molecule has 0 saturated carbocycles. The summed E-state index contributed by atoms with van der Waals surface area (Å²) in [6.45, 7) is 1.73. The molecule has 0 spiro atoms. The number of halogens is 2. The number of anilines is 1. The Morgan fingerprint density at radius 1 is 1.10 bits per heavy atom. The lowest BCUT2D eigenvalue weighted by atomic mass is 10.00. The molecule has 3 rings (SSSR count). The summed E-state index contributed by atoms with van der Waals surface area (Å²) in [6.07, 6.45) is 0. The molecule has 3 nitrogen and oxygen atoms in total. The molecule has 0 aliphatic carbocycles. The van der Waals surface area contributed by atoms with Crippen LogP contribution in [0.4, 0.5) is 10.2 Å². The van der Waals surface area contributed by atoms with Crippen LogP contribution < -0.4 is 5.73 Å². The highest BCUT2D eigenvalue weighted by Crippen LogP contribution is 2.35. The lowest BCUT2D eigenvalue weighted by Gasteiger charge is -2.06. The molecule has 0 bridgehead atoms. The van der Waals surface area contributed by atoms with E-state index in [-0.39, 0.29) is 5.82 Å². The molecule has 0 amide bonds. The van der Waals surface area contributed by atoms with Gasteiger partial charge in [0.05, 0.1) is 11.3 Å². The Morgan fingerprint density at radius 3 is 2.43 bits per heavy atom. The summed E-state index contributed by atoms with van der Waals surface area (Å²) in [5.41, 5.74) is 10.0. The topological polar surface area (TPSA) is 54.7 Å². The Kier molecular flexibility index (Phi) is 3.51. The molecule has 0 saturated heterocycles. The summed E-state index contributed by atoms with van der Waals surface area (Å²) >= 11 is 3.41. The van der Waals surface area contributed by atoms with Crippen molar-refractivity contribution >= 4 is 21.7 Å². The molecule has 3 N–H and O–H groups in total. The third kappa shape index (κ3) is 2.56. The highest BCUT2D eigenvalue weighted by molar-refractivity contribution is 9.10. The Labute approximate surface area is 130 Å². The number of aromatic nitrogens is 2. The van der Waals surface area contributed by atoms with Crippen molar-refractivity contribution in [3.8, 4) is 22.4 Å². The molecule has 21 heavy (non-hydrogen) atoms. The first-order valence-electron chi connectivity index (χ1n) is 6.42. The smallest absolute Gasteiger partial charge is 0.153 e. The van der Waals surface area contributed by atoms with Gasteiger partial charge in [-0.1, -0.05) is 28.1 Å². The molecule has 0 fully saturated rings. The minimum Gasteiger partial charge on any atom is -0.382 e. The zero-order chi connectivity index (χ0) is 15.0. The van der Waals surface area contributed by atoms with Crippen LogP contribution >= 0.6 is 15.9 Å². The van der Waals surface area contributed by atoms with Crippen LogP contribution in [0.1, 0.15) is 5.56 Å². The molecule has 1 heterocycles. The molecule has 2 aromatic carbocycles. The minimum absolute atomic E-state index is 0.226. The Hall–Kier alpha value is -2.14. The number of hydrogen-bond acceptors (Lipinski definition) is 2. The molecule has 5 heteroatoms. The first-order chi connectivity index (χ1) is 10.1. The highest BCUT2D eigenvalue weighted by Gasteiger charge is 2.15. The van der Waals surface area contributed by atoms with Crippen LogP contribution in [0, 0.1) is 12.7 Å². The zero-order valence-electron chi connectivity index (χ0n) is 11.3. The summed E-state index contributed by atoms with van der Waals surface area (Å²) in [7, 11) is 0. The molecule has 3 aromatic rings. The summed E-state index contributed by atoms with van der Waals surface area (Å²) in [5.74, 6) is 0.200. The zero-order valence-corrected chi connectivity index (χ0v) is 12.9. The fraction of sp³-hybridized carbons (Fsp3) is 0.0625. The standard InChI is InChI=1S/C16H13BrFN3/c1-9-8-11(4-7-13(9)18)15-14(16(19)21-20-15)10-2-5-12(17)6-3-10/h2-8H,1H3,(H3,19,20,21). The van der Waals surface area contributed by atoms with Gasteiger partial charge in [-0.2, -0.15) is 5.10 Å². The predicted octanol–water partition coefficient (Wildman–Crippen LogP) is 4.54. The number of hydrogen-bond donors (Lipinski definition) is 2. The van der Waals surface area contributed by atoms with Gasteiger partial charge < -0.3 is 5.73 Å². The Bertz CT molecular complexity index is 794. The fourth-order valence-corrected chi connectivity index (χ4v) is 2.54. The maximum atomic E-state index is 13.4. The second kappa shape index (κ2) is 5.33. The Balaban J connectivity index is 2.16. The van der Waals surface area contributed by atoms with Gasteiger partial charge in [0.15, 0.2) is 5.82 Å². The van der Waals surface area contributed by atoms with Crippen molar-refractivity contribution in [1.82, 2.24) is 10.2 Å². The maximum absolute atomic E-state index is 13.4. The average molecular weight is 346 g/mol. The van der Waals surface area contributed by atoms with Crippen LogP contribution in [-0.2, 0) is 0 Å². The van der Waals surface area contributed by atoms with E-state index < -0.39 is 0 Å². The van der Waals surface area contributed by atoms with Gasteiger partial charge in [-0.05, 0) is 48.4 Å². The molecule has 0 aliphatic heterocycles. The fourth-order valence-electron chi connectivity index (χ4n) is 2.27. The first-order valence-corrected chi connectivity index (χ1v) is 7.22. The van der Waals surface area contributed by atoms with E-state index in [9.17, 15) is 4.39 Å². The predicted molar refractivity (Wildman–Crippen MR) is 86.3 cm³/mol. The number of nitrogens with two attached hydrogens (primary N) is 1. The molecule has 0 unspecified atom stereocenters. The number of nitrogen functional groups attached to an aromatic ring is 1. The van der Waals surface area contributed by atoms with Crippen LogP contribution in [-0.4, -0.2) is 10.2 Å². The SMILES string of the molecule is Cc1cc(-c2[nH]nc(N)c2-c2ccc(Br)cc2)ccc1F. The number of nitrogens with one attached hydrogen (secondary N) is 1.